The predicted octanol–water partition coefficient (Wildman–Crippen LogP) is 5.49. The summed E-state index contributed by atoms with van der Waals surface area (Å²) < 4.78 is 8.49. The summed E-state index contributed by atoms with van der Waals surface area (Å²) in [6.45, 7) is 5.32. The molecule has 36 heavy (non-hydrogen) atoms. The van der Waals surface area contributed by atoms with Crippen molar-refractivity contribution in [3.05, 3.63) is 59.0 Å². The monoisotopic (exact) mass is 548 g/mol. The fourth-order valence-corrected chi connectivity index (χ4v) is 4.82. The van der Waals surface area contributed by atoms with E-state index in [9.17, 15) is 0 Å². The maximum Gasteiger partial charge on any atom is 0.229 e. The molecule has 3 heterocycles. The van der Waals surface area contributed by atoms with Gasteiger partial charge < -0.3 is 26.0 Å². The van der Waals surface area contributed by atoms with E-state index < -0.39 is 0 Å². The van der Waals surface area contributed by atoms with Crippen LogP contribution in [0.1, 0.15) is 19.5 Å². The Bertz CT molecular complexity index is 1420. The van der Waals surface area contributed by atoms with Crippen LogP contribution in [0.15, 0.2) is 53.3 Å². The topological polar surface area (TPSA) is 106 Å². The summed E-state index contributed by atoms with van der Waals surface area (Å²) in [7, 11) is 3.67. The summed E-state index contributed by atoms with van der Waals surface area (Å²) in [6.07, 6.45) is 4.56. The molecule has 10 heteroatoms. The Morgan fingerprint density at radius 3 is 2.64 bits per heavy atom. The molecule has 2 aromatic carbocycles. The van der Waals surface area contributed by atoms with Gasteiger partial charge in [-0.05, 0) is 48.0 Å². The fourth-order valence-electron chi connectivity index (χ4n) is 4.53. The summed E-state index contributed by atoms with van der Waals surface area (Å²) in [5.41, 5.74) is 12.8. The van der Waals surface area contributed by atoms with Gasteiger partial charge in [0.1, 0.15) is 11.6 Å². The third-order valence-electron chi connectivity index (χ3n) is 6.40. The zero-order valence-corrected chi connectivity index (χ0v) is 22.3. The average Bonchev–Trinajstić information content (AvgIpc) is 3.14. The van der Waals surface area contributed by atoms with Crippen molar-refractivity contribution in [2.24, 2.45) is 7.05 Å². The van der Waals surface area contributed by atoms with Crippen LogP contribution in [-0.4, -0.2) is 39.4 Å². The summed E-state index contributed by atoms with van der Waals surface area (Å²) in [5.74, 6) is 1.73. The van der Waals surface area contributed by atoms with Crippen LogP contribution in [0.2, 0.25) is 0 Å². The maximum atomic E-state index is 6.10. The van der Waals surface area contributed by atoms with Crippen LogP contribution >= 0.6 is 15.9 Å². The van der Waals surface area contributed by atoms with Crippen molar-refractivity contribution in [2.45, 2.75) is 26.3 Å². The minimum Gasteiger partial charge on any atom is -0.494 e. The van der Waals surface area contributed by atoms with E-state index in [2.05, 4.69) is 72.5 Å². The smallest absolute Gasteiger partial charge is 0.229 e. The summed E-state index contributed by atoms with van der Waals surface area (Å²) in [6, 6.07) is 12.1. The minimum absolute atomic E-state index is 0.336. The van der Waals surface area contributed by atoms with Crippen LogP contribution in [0.25, 0.3) is 11.1 Å². The van der Waals surface area contributed by atoms with E-state index in [4.69, 9.17) is 10.5 Å². The number of fused-ring (bicyclic) bond motifs is 3. The number of anilines is 6. The molecule has 0 saturated heterocycles. The third-order valence-corrected chi connectivity index (χ3v) is 6.98. The molecular weight excluding hydrogens is 520 g/mol. The molecule has 4 N–H and O–H groups in total. The SMILES string of the molecule is COc1cc2c(cc1Nc1ncc(Br)c(Nc3ccccc3N)n1)-c1cnn(C)c1CCN2C(C)C. The standard InChI is InChI=1S/C26H29BrN8O/c1-15(2)35-10-9-22-17(13-30-34(22)3)16-11-21(24(36-4)12-23(16)35)32-26-29-14-18(27)25(33-26)31-20-8-6-5-7-19(20)28/h5-8,11-15H,9-10,28H2,1-4H3,(H2,29,31,32,33). The number of methoxy groups -OCH3 is 1. The number of aromatic nitrogens is 4. The highest BCUT2D eigenvalue weighted by Crippen LogP contribution is 2.43. The summed E-state index contributed by atoms with van der Waals surface area (Å²) >= 11 is 3.53. The van der Waals surface area contributed by atoms with Gasteiger partial charge in [-0.15, -0.1) is 0 Å². The van der Waals surface area contributed by atoms with Crippen LogP contribution in [-0.2, 0) is 13.5 Å². The van der Waals surface area contributed by atoms with Crippen LogP contribution < -0.4 is 26.0 Å². The highest BCUT2D eigenvalue weighted by atomic mass is 79.9. The Balaban J connectivity index is 1.55. The number of nitrogen functional groups attached to an aromatic ring is 1. The lowest BCUT2D eigenvalue weighted by Crippen LogP contribution is -2.32. The molecule has 0 radical (unpaired) electrons. The van der Waals surface area contributed by atoms with Crippen LogP contribution in [0.5, 0.6) is 5.75 Å². The molecule has 9 nitrogen and oxygen atoms in total. The second kappa shape index (κ2) is 9.69. The van der Waals surface area contributed by atoms with Gasteiger partial charge in [0.2, 0.25) is 5.95 Å². The number of nitrogens with zero attached hydrogens (tertiary/aromatic N) is 5. The Labute approximate surface area is 218 Å². The molecule has 4 aromatic rings. The second-order valence-corrected chi connectivity index (χ2v) is 9.82. The third kappa shape index (κ3) is 4.44. The molecule has 0 saturated carbocycles. The van der Waals surface area contributed by atoms with E-state index in [1.807, 2.05) is 42.2 Å². The van der Waals surface area contributed by atoms with Gasteiger partial charge in [-0.1, -0.05) is 12.1 Å². The Morgan fingerprint density at radius 1 is 1.08 bits per heavy atom. The Hall–Kier alpha value is -3.79. The molecule has 0 unspecified atom stereocenters. The van der Waals surface area contributed by atoms with E-state index >= 15 is 0 Å². The molecule has 1 aliphatic rings. The molecular formula is C26H29BrN8O. The molecule has 0 atom stereocenters. The van der Waals surface area contributed by atoms with Crippen molar-refractivity contribution < 1.29 is 4.74 Å². The van der Waals surface area contributed by atoms with E-state index in [1.165, 1.54) is 5.69 Å². The number of para-hydroxylation sites is 2. The van der Waals surface area contributed by atoms with Crippen molar-refractivity contribution in [3.63, 3.8) is 0 Å². The number of rotatable bonds is 6. The number of nitrogens with two attached hydrogens (primary N) is 1. The maximum absolute atomic E-state index is 6.10. The molecule has 0 fully saturated rings. The fraction of sp³-hybridized carbons (Fsp3) is 0.269. The lowest BCUT2D eigenvalue weighted by Gasteiger charge is -2.30. The lowest BCUT2D eigenvalue weighted by molar-refractivity contribution is 0.416. The van der Waals surface area contributed by atoms with Gasteiger partial charge in [-0.25, -0.2) is 4.98 Å². The first kappa shape index (κ1) is 23.9. The van der Waals surface area contributed by atoms with Crippen molar-refractivity contribution in [2.75, 3.05) is 34.9 Å². The Kier molecular flexibility index (Phi) is 6.44. The number of aryl methyl sites for hydroxylation is 1. The molecule has 0 amide bonds. The molecule has 0 bridgehead atoms. The quantitative estimate of drug-likeness (QED) is 0.271. The number of ether oxygens (including phenoxy) is 1. The first-order valence-electron chi connectivity index (χ1n) is 11.8. The normalized spacial score (nSPS) is 12.7. The van der Waals surface area contributed by atoms with Crippen LogP contribution in [0.3, 0.4) is 0 Å². The van der Waals surface area contributed by atoms with E-state index in [-0.39, 0.29) is 0 Å². The first-order valence-corrected chi connectivity index (χ1v) is 12.6. The minimum atomic E-state index is 0.336. The molecule has 186 valence electrons. The van der Waals surface area contributed by atoms with Gasteiger partial charge in [-0.3, -0.25) is 4.68 Å². The van der Waals surface area contributed by atoms with E-state index in [0.29, 0.717) is 29.2 Å². The highest BCUT2D eigenvalue weighted by molar-refractivity contribution is 9.10. The zero-order chi connectivity index (χ0) is 25.4. The average molecular weight is 549 g/mol. The van der Waals surface area contributed by atoms with Crippen LogP contribution in [0.4, 0.5) is 34.5 Å². The van der Waals surface area contributed by atoms with Gasteiger partial charge in [0.25, 0.3) is 0 Å². The van der Waals surface area contributed by atoms with E-state index in [0.717, 1.165) is 45.6 Å². The van der Waals surface area contributed by atoms with E-state index in [1.54, 1.807) is 13.3 Å². The van der Waals surface area contributed by atoms with Gasteiger partial charge in [0.15, 0.2) is 0 Å². The van der Waals surface area contributed by atoms with Gasteiger partial charge in [0.05, 0.1) is 34.8 Å². The summed E-state index contributed by atoms with van der Waals surface area (Å²) in [5, 5.41) is 11.2. The number of nitrogens with one attached hydrogen (secondary N) is 2. The highest BCUT2D eigenvalue weighted by Gasteiger charge is 2.26. The predicted molar refractivity (Wildman–Crippen MR) is 149 cm³/mol. The lowest BCUT2D eigenvalue weighted by atomic mass is 10.0. The number of benzene rings is 2. The van der Waals surface area contributed by atoms with Gasteiger partial charge in [-0.2, -0.15) is 10.1 Å². The van der Waals surface area contributed by atoms with Gasteiger partial charge >= 0.3 is 0 Å². The Morgan fingerprint density at radius 2 is 1.89 bits per heavy atom. The van der Waals surface area contributed by atoms with Crippen molar-refractivity contribution in [1.82, 2.24) is 19.7 Å². The largest absolute Gasteiger partial charge is 0.494 e. The van der Waals surface area contributed by atoms with Gasteiger partial charge in [0, 0.05) is 60.8 Å². The molecule has 0 aliphatic carbocycles. The molecule has 1 aliphatic heterocycles. The molecule has 5 rings (SSSR count). The first-order chi connectivity index (χ1) is 17.4. The van der Waals surface area contributed by atoms with Crippen molar-refractivity contribution >= 4 is 50.4 Å². The number of hydrogen-bond donors (Lipinski definition) is 3. The molecule has 2 aromatic heterocycles. The van der Waals surface area contributed by atoms with Crippen LogP contribution in [0, 0.1) is 0 Å². The van der Waals surface area contributed by atoms with Crippen molar-refractivity contribution in [3.8, 4) is 16.9 Å². The number of hydrogen-bond acceptors (Lipinski definition) is 8. The zero-order valence-electron chi connectivity index (χ0n) is 20.7. The van der Waals surface area contributed by atoms with Crippen molar-refractivity contribution in [1.29, 1.82) is 0 Å². The molecule has 0 spiro atoms. The second-order valence-electron chi connectivity index (χ2n) is 8.96. The summed E-state index contributed by atoms with van der Waals surface area (Å²) in [4.78, 5) is 11.6. The number of halogens is 1.